The maximum atomic E-state index is 13.2. The van der Waals surface area contributed by atoms with Crippen molar-refractivity contribution in [3.05, 3.63) is 54.4 Å². The summed E-state index contributed by atoms with van der Waals surface area (Å²) in [5.41, 5.74) is 3.05. The molecule has 5 nitrogen and oxygen atoms in total. The van der Waals surface area contributed by atoms with Gasteiger partial charge in [0.25, 0.3) is 0 Å². The molecule has 0 aliphatic carbocycles. The first-order valence-electron chi connectivity index (χ1n) is 10.7. The van der Waals surface area contributed by atoms with Gasteiger partial charge in [-0.1, -0.05) is 30.3 Å². The predicted molar refractivity (Wildman–Crippen MR) is 112 cm³/mol. The fraction of sp³-hybridized carbons (Fsp3) is 0.500. The molecule has 1 aromatic carbocycles. The molecular formula is C24H30N2O3. The molecular weight excluding hydrogens is 364 g/mol. The third-order valence-corrected chi connectivity index (χ3v) is 6.23. The van der Waals surface area contributed by atoms with Gasteiger partial charge >= 0.3 is 0 Å². The predicted octanol–water partition coefficient (Wildman–Crippen LogP) is 3.63. The minimum atomic E-state index is -0.385. The maximum Gasteiger partial charge on any atom is 0.226 e. The lowest BCUT2D eigenvalue weighted by Crippen LogP contribution is -2.47. The molecule has 0 bridgehead atoms. The highest BCUT2D eigenvalue weighted by Crippen LogP contribution is 2.35. The molecule has 0 radical (unpaired) electrons. The summed E-state index contributed by atoms with van der Waals surface area (Å²) in [6, 6.07) is 12.5. The van der Waals surface area contributed by atoms with E-state index in [-0.39, 0.29) is 11.3 Å². The van der Waals surface area contributed by atoms with Crippen LogP contribution >= 0.6 is 0 Å². The number of nitrogens with one attached hydrogen (secondary N) is 1. The quantitative estimate of drug-likeness (QED) is 0.813. The molecule has 0 saturated carbocycles. The molecule has 1 amide bonds. The Labute approximate surface area is 172 Å². The monoisotopic (exact) mass is 394 g/mol. The number of aromatic nitrogens is 1. The van der Waals surface area contributed by atoms with Gasteiger partial charge < -0.3 is 14.8 Å². The average molecular weight is 395 g/mol. The smallest absolute Gasteiger partial charge is 0.226 e. The topological polar surface area (TPSA) is 60.5 Å². The first-order chi connectivity index (χ1) is 14.3. The van der Waals surface area contributed by atoms with Crippen LogP contribution in [0.25, 0.3) is 11.1 Å². The van der Waals surface area contributed by atoms with Crippen molar-refractivity contribution in [3.8, 4) is 11.1 Å². The number of ether oxygens (including phenoxy) is 2. The van der Waals surface area contributed by atoms with Crippen LogP contribution in [0.1, 0.15) is 31.2 Å². The maximum absolute atomic E-state index is 13.2. The van der Waals surface area contributed by atoms with Gasteiger partial charge in [0.2, 0.25) is 5.91 Å². The number of pyridine rings is 1. The first-order valence-corrected chi connectivity index (χ1v) is 10.7. The van der Waals surface area contributed by atoms with Gasteiger partial charge in [-0.3, -0.25) is 9.78 Å². The van der Waals surface area contributed by atoms with E-state index < -0.39 is 0 Å². The molecule has 2 aliphatic heterocycles. The van der Waals surface area contributed by atoms with Crippen LogP contribution in [0, 0.1) is 11.3 Å². The Bertz CT molecular complexity index is 780. The van der Waals surface area contributed by atoms with Gasteiger partial charge in [0, 0.05) is 38.8 Å². The molecule has 1 unspecified atom stereocenters. The van der Waals surface area contributed by atoms with Gasteiger partial charge in [-0.2, -0.15) is 0 Å². The summed E-state index contributed by atoms with van der Waals surface area (Å²) < 4.78 is 11.1. The number of hydrogen-bond donors (Lipinski definition) is 1. The van der Waals surface area contributed by atoms with E-state index in [1.807, 2.05) is 12.3 Å². The van der Waals surface area contributed by atoms with E-state index in [0.29, 0.717) is 25.7 Å². The number of hydrogen-bond acceptors (Lipinski definition) is 4. The highest BCUT2D eigenvalue weighted by Gasteiger charge is 2.40. The van der Waals surface area contributed by atoms with E-state index >= 15 is 0 Å². The molecule has 3 heterocycles. The fourth-order valence-electron chi connectivity index (χ4n) is 4.38. The lowest BCUT2D eigenvalue weighted by molar-refractivity contribution is -0.137. The molecule has 1 aromatic heterocycles. The van der Waals surface area contributed by atoms with Gasteiger partial charge in [0.05, 0.1) is 12.0 Å². The Hall–Kier alpha value is -2.24. The second-order valence-electron chi connectivity index (χ2n) is 8.30. The summed E-state index contributed by atoms with van der Waals surface area (Å²) in [6.45, 7) is 3.61. The van der Waals surface area contributed by atoms with Crippen LogP contribution in [0.4, 0.5) is 0 Å². The standard InChI is InChI=1S/C24H30N2O3/c27-23(26-16-20-3-2-12-29-18-20)24(9-13-28-14-10-24)15-19-5-7-21(8-6-19)22-4-1-11-25-17-22/h1,4-8,11,17,20H,2-3,9-10,12-16,18H2,(H,26,27). The Morgan fingerprint density at radius 1 is 1.07 bits per heavy atom. The average Bonchev–Trinajstić information content (AvgIpc) is 2.80. The highest BCUT2D eigenvalue weighted by molar-refractivity contribution is 5.83. The lowest BCUT2D eigenvalue weighted by atomic mass is 9.74. The van der Waals surface area contributed by atoms with Crippen molar-refractivity contribution in [1.29, 1.82) is 0 Å². The third kappa shape index (κ3) is 5.03. The summed E-state index contributed by atoms with van der Waals surface area (Å²) in [5.74, 6) is 0.603. The van der Waals surface area contributed by atoms with Crippen molar-refractivity contribution in [2.75, 3.05) is 33.0 Å². The van der Waals surface area contributed by atoms with Gasteiger partial charge in [-0.25, -0.2) is 0 Å². The third-order valence-electron chi connectivity index (χ3n) is 6.23. The zero-order valence-corrected chi connectivity index (χ0v) is 16.9. The van der Waals surface area contributed by atoms with Crippen LogP contribution < -0.4 is 5.32 Å². The van der Waals surface area contributed by atoms with E-state index in [2.05, 4.69) is 40.6 Å². The first kappa shape index (κ1) is 20.0. The fourth-order valence-corrected chi connectivity index (χ4v) is 4.38. The van der Waals surface area contributed by atoms with Crippen LogP contribution in [0.15, 0.2) is 48.8 Å². The molecule has 4 rings (SSSR count). The highest BCUT2D eigenvalue weighted by atomic mass is 16.5. The zero-order chi connectivity index (χ0) is 19.9. The molecule has 2 aromatic rings. The molecule has 5 heteroatoms. The number of carbonyl (C=O) groups is 1. The minimum absolute atomic E-state index is 0.169. The van der Waals surface area contributed by atoms with Crippen molar-refractivity contribution in [2.45, 2.75) is 32.1 Å². The van der Waals surface area contributed by atoms with E-state index in [9.17, 15) is 4.79 Å². The van der Waals surface area contributed by atoms with E-state index in [4.69, 9.17) is 9.47 Å². The molecule has 29 heavy (non-hydrogen) atoms. The lowest BCUT2D eigenvalue weighted by Gasteiger charge is -2.36. The van der Waals surface area contributed by atoms with Gasteiger partial charge in [0.15, 0.2) is 0 Å². The summed E-state index contributed by atoms with van der Waals surface area (Å²) in [7, 11) is 0. The minimum Gasteiger partial charge on any atom is -0.381 e. The zero-order valence-electron chi connectivity index (χ0n) is 16.9. The molecule has 2 fully saturated rings. The van der Waals surface area contributed by atoms with Crippen LogP contribution in [-0.4, -0.2) is 43.9 Å². The van der Waals surface area contributed by atoms with Crippen molar-refractivity contribution in [2.24, 2.45) is 11.3 Å². The normalized spacial score (nSPS) is 21.4. The number of benzene rings is 1. The molecule has 154 valence electrons. The van der Waals surface area contributed by atoms with E-state index in [1.54, 1.807) is 6.20 Å². The number of rotatable bonds is 6. The number of nitrogens with zero attached hydrogens (tertiary/aromatic N) is 1. The van der Waals surface area contributed by atoms with Gasteiger partial charge in [-0.15, -0.1) is 0 Å². The van der Waals surface area contributed by atoms with Crippen LogP contribution in [0.3, 0.4) is 0 Å². The number of amides is 1. The SMILES string of the molecule is O=C(NCC1CCCOC1)C1(Cc2ccc(-c3cccnc3)cc2)CCOCC1. The van der Waals surface area contributed by atoms with E-state index in [0.717, 1.165) is 56.4 Å². The second-order valence-corrected chi connectivity index (χ2v) is 8.30. The van der Waals surface area contributed by atoms with Crippen LogP contribution in [0.5, 0.6) is 0 Å². The second kappa shape index (κ2) is 9.51. The molecule has 2 saturated heterocycles. The Balaban J connectivity index is 1.44. The Morgan fingerprint density at radius 2 is 1.90 bits per heavy atom. The molecule has 1 atom stereocenters. The summed E-state index contributed by atoms with van der Waals surface area (Å²) in [6.07, 6.45) is 8.16. The summed E-state index contributed by atoms with van der Waals surface area (Å²) >= 11 is 0. The summed E-state index contributed by atoms with van der Waals surface area (Å²) in [5, 5.41) is 3.24. The van der Waals surface area contributed by atoms with Crippen LogP contribution in [-0.2, 0) is 20.7 Å². The van der Waals surface area contributed by atoms with Gasteiger partial charge in [0.1, 0.15) is 0 Å². The van der Waals surface area contributed by atoms with Crippen LogP contribution in [0.2, 0.25) is 0 Å². The van der Waals surface area contributed by atoms with Crippen molar-refractivity contribution < 1.29 is 14.3 Å². The Kier molecular flexibility index (Phi) is 6.57. The van der Waals surface area contributed by atoms with E-state index in [1.165, 1.54) is 5.56 Å². The molecule has 2 aliphatic rings. The number of carbonyl (C=O) groups excluding carboxylic acids is 1. The largest absolute Gasteiger partial charge is 0.381 e. The molecule has 0 spiro atoms. The van der Waals surface area contributed by atoms with Crippen molar-refractivity contribution >= 4 is 5.91 Å². The summed E-state index contributed by atoms with van der Waals surface area (Å²) in [4.78, 5) is 17.4. The molecule has 1 N–H and O–H groups in total. The Morgan fingerprint density at radius 3 is 2.59 bits per heavy atom. The van der Waals surface area contributed by atoms with Crippen molar-refractivity contribution in [1.82, 2.24) is 10.3 Å². The van der Waals surface area contributed by atoms with Crippen molar-refractivity contribution in [3.63, 3.8) is 0 Å². The van der Waals surface area contributed by atoms with Gasteiger partial charge in [-0.05, 0) is 60.8 Å².